The molecule has 1 fully saturated rings. The van der Waals surface area contributed by atoms with E-state index in [0.29, 0.717) is 42.7 Å². The maximum Gasteiger partial charge on any atom is 0.421 e. The standard InChI is InChI=1S/C22H18F6N6O2/c23-21(24,25)15-11-29-20(30-12-15)34-6-4-33(5-7-34)19(36)14-3-1-2-13(8-14)9-16-10-17(22(26,27)28)18(35)32-31-16/h1-3,8,10-12H,4-7,9H2,(H,32,35). The Kier molecular flexibility index (Phi) is 6.69. The van der Waals surface area contributed by atoms with E-state index in [1.165, 1.54) is 6.07 Å². The van der Waals surface area contributed by atoms with Crippen LogP contribution < -0.4 is 10.5 Å². The molecule has 190 valence electrons. The number of H-pyrrole nitrogens is 1. The summed E-state index contributed by atoms with van der Waals surface area (Å²) in [4.78, 5) is 35.1. The molecule has 1 saturated heterocycles. The van der Waals surface area contributed by atoms with E-state index >= 15 is 0 Å². The zero-order chi connectivity index (χ0) is 26.1. The van der Waals surface area contributed by atoms with Gasteiger partial charge in [0, 0.05) is 50.6 Å². The molecule has 2 aromatic heterocycles. The maximum absolute atomic E-state index is 13.0. The highest BCUT2D eigenvalue weighted by molar-refractivity contribution is 5.94. The average molecular weight is 512 g/mol. The number of hydrogen-bond acceptors (Lipinski definition) is 6. The van der Waals surface area contributed by atoms with Crippen LogP contribution in [-0.4, -0.2) is 57.2 Å². The van der Waals surface area contributed by atoms with Crippen LogP contribution in [0.5, 0.6) is 0 Å². The topological polar surface area (TPSA) is 95.1 Å². The van der Waals surface area contributed by atoms with Gasteiger partial charge >= 0.3 is 12.4 Å². The molecule has 0 saturated carbocycles. The van der Waals surface area contributed by atoms with Crippen molar-refractivity contribution in [1.29, 1.82) is 0 Å². The summed E-state index contributed by atoms with van der Waals surface area (Å²) in [5, 5.41) is 5.50. The molecule has 0 unspecified atom stereocenters. The number of alkyl halides is 6. The highest BCUT2D eigenvalue weighted by atomic mass is 19.4. The lowest BCUT2D eigenvalue weighted by Crippen LogP contribution is -2.49. The Bertz CT molecular complexity index is 1300. The van der Waals surface area contributed by atoms with Crippen molar-refractivity contribution >= 4 is 11.9 Å². The number of anilines is 1. The molecule has 3 heterocycles. The predicted molar refractivity (Wildman–Crippen MR) is 114 cm³/mol. The van der Waals surface area contributed by atoms with Gasteiger partial charge in [0.25, 0.3) is 11.5 Å². The fourth-order valence-corrected chi connectivity index (χ4v) is 3.69. The van der Waals surface area contributed by atoms with Crippen LogP contribution in [-0.2, 0) is 18.8 Å². The first-order valence-corrected chi connectivity index (χ1v) is 10.6. The summed E-state index contributed by atoms with van der Waals surface area (Å²) in [6.45, 7) is 1.14. The minimum Gasteiger partial charge on any atom is -0.337 e. The summed E-state index contributed by atoms with van der Waals surface area (Å²) in [5.41, 5.74) is -2.83. The summed E-state index contributed by atoms with van der Waals surface area (Å²) in [6.07, 6.45) is -7.98. The minimum absolute atomic E-state index is 0.0170. The number of rotatable bonds is 4. The van der Waals surface area contributed by atoms with Crippen LogP contribution in [0.25, 0.3) is 0 Å². The van der Waals surface area contributed by atoms with Gasteiger partial charge in [-0.3, -0.25) is 9.59 Å². The van der Waals surface area contributed by atoms with Gasteiger partial charge in [-0.1, -0.05) is 12.1 Å². The number of hydrogen-bond donors (Lipinski definition) is 1. The molecule has 0 bridgehead atoms. The van der Waals surface area contributed by atoms with Gasteiger partial charge in [0.05, 0.1) is 11.3 Å². The molecule has 0 atom stereocenters. The maximum atomic E-state index is 13.0. The predicted octanol–water partition coefficient (Wildman–Crippen LogP) is 3.15. The third-order valence-electron chi connectivity index (χ3n) is 5.54. The van der Waals surface area contributed by atoms with Crippen LogP contribution in [0.15, 0.2) is 47.5 Å². The van der Waals surface area contributed by atoms with E-state index in [0.717, 1.165) is 0 Å². The van der Waals surface area contributed by atoms with Crippen molar-refractivity contribution in [2.75, 3.05) is 31.1 Å². The molecule has 0 radical (unpaired) electrons. The summed E-state index contributed by atoms with van der Waals surface area (Å²) in [7, 11) is 0. The first-order chi connectivity index (χ1) is 16.9. The zero-order valence-corrected chi connectivity index (χ0v) is 18.4. The molecule has 36 heavy (non-hydrogen) atoms. The van der Waals surface area contributed by atoms with E-state index in [9.17, 15) is 35.9 Å². The monoisotopic (exact) mass is 512 g/mol. The second-order valence-corrected chi connectivity index (χ2v) is 8.03. The number of amides is 1. The third-order valence-corrected chi connectivity index (χ3v) is 5.54. The van der Waals surface area contributed by atoms with Crippen molar-refractivity contribution in [2.45, 2.75) is 18.8 Å². The summed E-state index contributed by atoms with van der Waals surface area (Å²) >= 11 is 0. The lowest BCUT2D eigenvalue weighted by Gasteiger charge is -2.34. The number of nitrogens with zero attached hydrogens (tertiary/aromatic N) is 5. The van der Waals surface area contributed by atoms with E-state index in [-0.39, 0.29) is 37.1 Å². The lowest BCUT2D eigenvalue weighted by molar-refractivity contribution is -0.139. The number of piperazine rings is 1. The minimum atomic E-state index is -4.82. The molecule has 1 aliphatic rings. The Morgan fingerprint density at radius 3 is 2.22 bits per heavy atom. The largest absolute Gasteiger partial charge is 0.421 e. The van der Waals surface area contributed by atoms with Crippen molar-refractivity contribution in [3.8, 4) is 0 Å². The molecular weight excluding hydrogens is 494 g/mol. The van der Waals surface area contributed by atoms with Crippen LogP contribution in [0.1, 0.15) is 32.7 Å². The van der Waals surface area contributed by atoms with E-state index in [2.05, 4.69) is 15.1 Å². The van der Waals surface area contributed by atoms with Crippen LogP contribution in [0.2, 0.25) is 0 Å². The molecule has 3 aromatic rings. The van der Waals surface area contributed by atoms with Crippen molar-refractivity contribution in [3.05, 3.63) is 81.0 Å². The Morgan fingerprint density at radius 1 is 0.944 bits per heavy atom. The highest BCUT2D eigenvalue weighted by Gasteiger charge is 2.34. The fourth-order valence-electron chi connectivity index (χ4n) is 3.69. The number of aromatic amines is 1. The molecule has 4 rings (SSSR count). The van der Waals surface area contributed by atoms with Gasteiger partial charge in [-0.2, -0.15) is 31.4 Å². The summed E-state index contributed by atoms with van der Waals surface area (Å²) < 4.78 is 77.1. The van der Waals surface area contributed by atoms with E-state index in [4.69, 9.17) is 0 Å². The number of carbonyl (C=O) groups is 1. The van der Waals surface area contributed by atoms with Crippen LogP contribution >= 0.6 is 0 Å². The van der Waals surface area contributed by atoms with Gasteiger partial charge in [0.1, 0.15) is 5.56 Å². The van der Waals surface area contributed by atoms with Crippen molar-refractivity contribution in [2.24, 2.45) is 0 Å². The summed E-state index contributed by atoms with van der Waals surface area (Å²) in [6, 6.07) is 6.99. The van der Waals surface area contributed by atoms with Gasteiger partial charge in [0.2, 0.25) is 5.95 Å². The SMILES string of the molecule is O=C(c1cccc(Cc2cc(C(F)(F)F)c(=O)[nH]n2)c1)N1CCN(c2ncc(C(F)(F)F)cn2)CC1. The smallest absolute Gasteiger partial charge is 0.337 e. The molecule has 14 heteroatoms. The highest BCUT2D eigenvalue weighted by Crippen LogP contribution is 2.29. The molecule has 1 aliphatic heterocycles. The van der Waals surface area contributed by atoms with Crippen LogP contribution in [0.4, 0.5) is 32.3 Å². The Labute approximate surface area is 199 Å². The quantitative estimate of drug-likeness (QED) is 0.540. The van der Waals surface area contributed by atoms with Crippen LogP contribution in [0, 0.1) is 0 Å². The Hall–Kier alpha value is -3.97. The first-order valence-electron chi connectivity index (χ1n) is 10.6. The van der Waals surface area contributed by atoms with Crippen molar-refractivity contribution < 1.29 is 31.1 Å². The molecule has 1 amide bonds. The number of nitrogens with one attached hydrogen (secondary N) is 1. The molecule has 8 nitrogen and oxygen atoms in total. The lowest BCUT2D eigenvalue weighted by atomic mass is 10.0. The Morgan fingerprint density at radius 2 is 1.61 bits per heavy atom. The molecular formula is C22H18F6N6O2. The van der Waals surface area contributed by atoms with Gasteiger partial charge < -0.3 is 9.80 Å². The van der Waals surface area contributed by atoms with Gasteiger partial charge in [0.15, 0.2) is 0 Å². The second kappa shape index (κ2) is 9.59. The summed E-state index contributed by atoms with van der Waals surface area (Å²) in [5.74, 6) is -0.182. The normalized spacial score (nSPS) is 14.7. The molecule has 0 spiro atoms. The third kappa shape index (κ3) is 5.63. The zero-order valence-electron chi connectivity index (χ0n) is 18.4. The number of aromatic nitrogens is 4. The van der Waals surface area contributed by atoms with E-state index in [1.807, 2.05) is 5.10 Å². The van der Waals surface area contributed by atoms with Crippen LogP contribution in [0.3, 0.4) is 0 Å². The Balaban J connectivity index is 1.41. The number of halogens is 6. The van der Waals surface area contributed by atoms with Crippen molar-refractivity contribution in [3.63, 3.8) is 0 Å². The van der Waals surface area contributed by atoms with Gasteiger partial charge in [-0.15, -0.1) is 0 Å². The fraction of sp³-hybridized carbons (Fsp3) is 0.318. The van der Waals surface area contributed by atoms with Gasteiger partial charge in [-0.05, 0) is 23.8 Å². The average Bonchev–Trinajstić information content (AvgIpc) is 2.84. The van der Waals surface area contributed by atoms with Crippen molar-refractivity contribution in [1.82, 2.24) is 25.1 Å². The molecule has 0 aliphatic carbocycles. The second-order valence-electron chi connectivity index (χ2n) is 8.03. The molecule has 1 N–H and O–H groups in total. The molecule has 1 aromatic carbocycles. The van der Waals surface area contributed by atoms with Gasteiger partial charge in [-0.25, -0.2) is 15.1 Å². The number of carbonyl (C=O) groups excluding carboxylic acids is 1. The van der Waals surface area contributed by atoms with E-state index in [1.54, 1.807) is 28.0 Å². The van der Waals surface area contributed by atoms with E-state index < -0.39 is 29.0 Å². The first kappa shape index (κ1) is 25.1. The number of benzene rings is 1.